The summed E-state index contributed by atoms with van der Waals surface area (Å²) in [5.74, 6) is 1.04. The lowest BCUT2D eigenvalue weighted by Crippen LogP contribution is -2.18. The van der Waals surface area contributed by atoms with E-state index in [9.17, 15) is 0 Å². The molecule has 0 aromatic heterocycles. The number of hydrogen-bond acceptors (Lipinski definition) is 2. The number of rotatable bonds is 3. The van der Waals surface area contributed by atoms with Crippen molar-refractivity contribution < 1.29 is 4.74 Å². The van der Waals surface area contributed by atoms with Crippen LogP contribution in [-0.4, -0.2) is 13.7 Å². The predicted octanol–water partition coefficient (Wildman–Crippen LogP) is 4.85. The lowest BCUT2D eigenvalue weighted by atomic mass is 9.95. The molecule has 1 unspecified atom stereocenters. The molecule has 0 aliphatic carbocycles. The minimum atomic E-state index is 0.172. The van der Waals surface area contributed by atoms with Crippen LogP contribution in [0.2, 0.25) is 0 Å². The second kappa shape index (κ2) is 6.51. The fraction of sp³-hybridized carbons (Fsp3) is 0.294. The van der Waals surface area contributed by atoms with E-state index in [-0.39, 0.29) is 6.04 Å². The highest BCUT2D eigenvalue weighted by Gasteiger charge is 2.17. The first kappa shape index (κ1) is 15.1. The summed E-state index contributed by atoms with van der Waals surface area (Å²) in [6.07, 6.45) is 2.20. The first-order valence-electron chi connectivity index (χ1n) is 7.06. The number of hydrogen-bond donors (Lipinski definition) is 1. The van der Waals surface area contributed by atoms with Crippen molar-refractivity contribution in [2.75, 3.05) is 13.7 Å². The van der Waals surface area contributed by atoms with Crippen molar-refractivity contribution in [2.24, 2.45) is 0 Å². The Balaban J connectivity index is 1.99. The first-order valence-corrected chi connectivity index (χ1v) is 8.65. The van der Waals surface area contributed by atoms with Crippen LogP contribution in [0, 0.1) is 0 Å². The Labute approximate surface area is 142 Å². The van der Waals surface area contributed by atoms with Crippen LogP contribution in [0.1, 0.15) is 29.2 Å². The van der Waals surface area contributed by atoms with Crippen LogP contribution in [0.5, 0.6) is 5.75 Å². The molecule has 1 atom stereocenters. The van der Waals surface area contributed by atoms with Crippen LogP contribution in [0.3, 0.4) is 0 Å². The van der Waals surface area contributed by atoms with Gasteiger partial charge in [0.05, 0.1) is 12.6 Å². The molecule has 1 N–H and O–H groups in total. The predicted molar refractivity (Wildman–Crippen MR) is 93.0 cm³/mol. The highest BCUT2D eigenvalue weighted by atomic mass is 79.9. The maximum absolute atomic E-state index is 5.70. The van der Waals surface area contributed by atoms with Crippen molar-refractivity contribution in [3.63, 3.8) is 0 Å². The lowest BCUT2D eigenvalue weighted by Gasteiger charge is -2.22. The molecule has 2 nitrogen and oxygen atoms in total. The van der Waals surface area contributed by atoms with E-state index in [0.717, 1.165) is 34.1 Å². The van der Waals surface area contributed by atoms with E-state index in [2.05, 4.69) is 73.6 Å². The minimum absolute atomic E-state index is 0.172. The van der Waals surface area contributed by atoms with E-state index in [1.807, 2.05) is 7.05 Å². The Kier molecular flexibility index (Phi) is 4.67. The molecule has 1 aliphatic rings. The molecule has 21 heavy (non-hydrogen) atoms. The third kappa shape index (κ3) is 3.33. The second-order valence-electron chi connectivity index (χ2n) is 5.24. The van der Waals surface area contributed by atoms with Gasteiger partial charge in [-0.3, -0.25) is 0 Å². The molecule has 0 bridgehead atoms. The average Bonchev–Trinajstić information content (AvgIpc) is 2.47. The summed E-state index contributed by atoms with van der Waals surface area (Å²) in [5.41, 5.74) is 3.82. The van der Waals surface area contributed by atoms with Gasteiger partial charge in [0.25, 0.3) is 0 Å². The van der Waals surface area contributed by atoms with Crippen LogP contribution >= 0.6 is 31.9 Å². The van der Waals surface area contributed by atoms with Gasteiger partial charge in [-0.05, 0) is 60.8 Å². The van der Waals surface area contributed by atoms with Gasteiger partial charge in [0.2, 0.25) is 0 Å². The van der Waals surface area contributed by atoms with Crippen molar-refractivity contribution in [3.8, 4) is 5.75 Å². The number of ether oxygens (including phenoxy) is 1. The highest BCUT2D eigenvalue weighted by Crippen LogP contribution is 2.32. The second-order valence-corrected chi connectivity index (χ2v) is 7.07. The SMILES string of the molecule is CNC(c1cc(Br)cc(Br)c1)c1ccc2c(c1)CCCO2. The van der Waals surface area contributed by atoms with Gasteiger partial charge >= 0.3 is 0 Å². The summed E-state index contributed by atoms with van der Waals surface area (Å²) in [6, 6.07) is 13.1. The normalized spacial score (nSPS) is 15.2. The van der Waals surface area contributed by atoms with Gasteiger partial charge in [-0.1, -0.05) is 44.0 Å². The van der Waals surface area contributed by atoms with Crippen LogP contribution in [0.4, 0.5) is 0 Å². The number of nitrogens with one attached hydrogen (secondary N) is 1. The van der Waals surface area contributed by atoms with Crippen LogP contribution < -0.4 is 10.1 Å². The lowest BCUT2D eigenvalue weighted by molar-refractivity contribution is 0.288. The van der Waals surface area contributed by atoms with E-state index >= 15 is 0 Å². The Bertz CT molecular complexity index is 637. The van der Waals surface area contributed by atoms with Gasteiger partial charge < -0.3 is 10.1 Å². The van der Waals surface area contributed by atoms with E-state index in [0.29, 0.717) is 0 Å². The van der Waals surface area contributed by atoms with Gasteiger partial charge in [-0.25, -0.2) is 0 Å². The summed E-state index contributed by atoms with van der Waals surface area (Å²) < 4.78 is 7.85. The molecule has 0 radical (unpaired) electrons. The monoisotopic (exact) mass is 409 g/mol. The number of fused-ring (bicyclic) bond motifs is 1. The van der Waals surface area contributed by atoms with E-state index in [1.54, 1.807) is 0 Å². The molecule has 0 saturated carbocycles. The number of benzene rings is 2. The first-order chi connectivity index (χ1) is 10.2. The van der Waals surface area contributed by atoms with Crippen LogP contribution in [0.25, 0.3) is 0 Å². The fourth-order valence-electron chi connectivity index (χ4n) is 2.83. The molecule has 2 aromatic rings. The van der Waals surface area contributed by atoms with Crippen molar-refractivity contribution in [2.45, 2.75) is 18.9 Å². The van der Waals surface area contributed by atoms with Crippen LogP contribution in [0.15, 0.2) is 45.3 Å². The zero-order valence-electron chi connectivity index (χ0n) is 11.8. The van der Waals surface area contributed by atoms with E-state index < -0.39 is 0 Å². The molecular formula is C17H17Br2NO. The fourth-order valence-corrected chi connectivity index (χ4v) is 4.16. The molecule has 3 rings (SSSR count). The Morgan fingerprint density at radius 1 is 1.05 bits per heavy atom. The molecule has 0 saturated heterocycles. The number of halogens is 2. The van der Waals surface area contributed by atoms with E-state index in [1.165, 1.54) is 16.7 Å². The van der Waals surface area contributed by atoms with Crippen molar-refractivity contribution >= 4 is 31.9 Å². The number of aryl methyl sites for hydroxylation is 1. The molecule has 1 heterocycles. The van der Waals surface area contributed by atoms with Gasteiger partial charge in [0.1, 0.15) is 5.75 Å². The molecule has 2 aromatic carbocycles. The summed E-state index contributed by atoms with van der Waals surface area (Å²) in [6.45, 7) is 0.834. The zero-order valence-corrected chi connectivity index (χ0v) is 15.0. The molecule has 110 valence electrons. The largest absolute Gasteiger partial charge is 0.493 e. The summed E-state index contributed by atoms with van der Waals surface area (Å²) in [4.78, 5) is 0. The van der Waals surface area contributed by atoms with Gasteiger partial charge in [-0.15, -0.1) is 0 Å². The molecule has 1 aliphatic heterocycles. The molecule has 0 amide bonds. The van der Waals surface area contributed by atoms with Crippen molar-refractivity contribution in [3.05, 3.63) is 62.0 Å². The quantitative estimate of drug-likeness (QED) is 0.781. The molecular weight excluding hydrogens is 394 g/mol. The van der Waals surface area contributed by atoms with E-state index in [4.69, 9.17) is 4.74 Å². The Morgan fingerprint density at radius 2 is 1.81 bits per heavy atom. The van der Waals surface area contributed by atoms with Crippen LogP contribution in [-0.2, 0) is 6.42 Å². The van der Waals surface area contributed by atoms with Crippen molar-refractivity contribution in [1.82, 2.24) is 5.32 Å². The maximum Gasteiger partial charge on any atom is 0.122 e. The van der Waals surface area contributed by atoms with Crippen molar-refractivity contribution in [1.29, 1.82) is 0 Å². The molecule has 4 heteroatoms. The Morgan fingerprint density at radius 3 is 2.52 bits per heavy atom. The molecule has 0 spiro atoms. The average molecular weight is 411 g/mol. The highest BCUT2D eigenvalue weighted by molar-refractivity contribution is 9.11. The summed E-state index contributed by atoms with van der Waals surface area (Å²) >= 11 is 7.13. The van der Waals surface area contributed by atoms with Gasteiger partial charge in [-0.2, -0.15) is 0 Å². The standard InChI is InChI=1S/C17H17Br2NO/c1-20-17(13-8-14(18)10-15(19)9-13)12-4-5-16-11(7-12)3-2-6-21-16/h4-5,7-10,17,20H,2-3,6H2,1H3. The Hall–Kier alpha value is -0.840. The third-order valence-corrected chi connectivity index (χ3v) is 4.69. The zero-order chi connectivity index (χ0) is 14.8. The molecule has 0 fully saturated rings. The third-order valence-electron chi connectivity index (χ3n) is 3.77. The topological polar surface area (TPSA) is 21.3 Å². The smallest absolute Gasteiger partial charge is 0.122 e. The van der Waals surface area contributed by atoms with Gasteiger partial charge in [0.15, 0.2) is 0 Å². The minimum Gasteiger partial charge on any atom is -0.493 e. The summed E-state index contributed by atoms with van der Waals surface area (Å²) in [7, 11) is 2.00. The maximum atomic E-state index is 5.70. The summed E-state index contributed by atoms with van der Waals surface area (Å²) in [5, 5.41) is 3.41. The van der Waals surface area contributed by atoms with Gasteiger partial charge in [0, 0.05) is 8.95 Å².